The van der Waals surface area contributed by atoms with Crippen molar-refractivity contribution in [2.24, 2.45) is 0 Å². The Morgan fingerprint density at radius 1 is 1.09 bits per heavy atom. The molecule has 0 aliphatic heterocycles. The second-order valence-electron chi connectivity index (χ2n) is 4.27. The van der Waals surface area contributed by atoms with Crippen molar-refractivity contribution in [3.8, 4) is 0 Å². The van der Waals surface area contributed by atoms with Crippen molar-refractivity contribution in [1.29, 1.82) is 0 Å². The van der Waals surface area contributed by atoms with Gasteiger partial charge < -0.3 is 10.6 Å². The maximum absolute atomic E-state index is 13.5. The number of hydrogen-bond donors (Lipinski definition) is 2. The summed E-state index contributed by atoms with van der Waals surface area (Å²) in [5.74, 6) is -5.37. The Balaban J connectivity index is 1.95. The van der Waals surface area contributed by atoms with Gasteiger partial charge in [-0.3, -0.25) is 0 Å². The normalized spacial score (nSPS) is 10.5. The zero-order chi connectivity index (χ0) is 17.0. The van der Waals surface area contributed by atoms with E-state index in [0.717, 1.165) is 0 Å². The summed E-state index contributed by atoms with van der Waals surface area (Å²) in [6.07, 6.45) is 2.61. The molecule has 0 spiro atoms. The van der Waals surface area contributed by atoms with Crippen molar-refractivity contribution in [3.05, 3.63) is 51.9 Å². The second kappa shape index (κ2) is 7.64. The molecular weight excluding hydrogens is 400 g/mol. The highest BCUT2D eigenvalue weighted by Crippen LogP contribution is 2.19. The van der Waals surface area contributed by atoms with Crippen LogP contribution in [0.15, 0.2) is 23.1 Å². The van der Waals surface area contributed by atoms with Gasteiger partial charge in [0.05, 0.1) is 0 Å². The predicted octanol–water partition coefficient (Wildman–Crippen LogP) is 3.32. The van der Waals surface area contributed by atoms with Gasteiger partial charge in [0, 0.05) is 30.6 Å². The molecule has 2 N–H and O–H groups in total. The Bertz CT molecular complexity index is 718. The molecule has 0 aliphatic rings. The summed E-state index contributed by atoms with van der Waals surface area (Å²) in [5, 5.41) is 5.48. The minimum Gasteiger partial charge on any atom is -0.362 e. The molecule has 0 aliphatic carbocycles. The van der Waals surface area contributed by atoms with Gasteiger partial charge in [0.1, 0.15) is 4.60 Å². The lowest BCUT2D eigenvalue weighted by Crippen LogP contribution is -2.31. The fraction of sp³-hybridized carbons (Fsp3) is 0.154. The van der Waals surface area contributed by atoms with Crippen LogP contribution in [-0.4, -0.2) is 21.6 Å². The van der Waals surface area contributed by atoms with Crippen LogP contribution in [0.1, 0.15) is 5.56 Å². The largest absolute Gasteiger partial charge is 0.362 e. The highest BCUT2D eigenvalue weighted by atomic mass is 79.9. The summed E-state index contributed by atoms with van der Waals surface area (Å²) in [6, 6.07) is 0.166. The fourth-order valence-corrected chi connectivity index (χ4v) is 2.22. The molecule has 0 unspecified atom stereocenters. The van der Waals surface area contributed by atoms with Crippen LogP contribution < -0.4 is 10.6 Å². The third kappa shape index (κ3) is 4.35. The lowest BCUT2D eigenvalue weighted by Gasteiger charge is -2.11. The van der Waals surface area contributed by atoms with Gasteiger partial charge in [-0.05, 0) is 34.6 Å². The van der Waals surface area contributed by atoms with Gasteiger partial charge in [-0.15, -0.1) is 0 Å². The summed E-state index contributed by atoms with van der Waals surface area (Å²) >= 11 is 8.14. The third-order valence-corrected chi connectivity index (χ3v) is 3.58. The molecule has 23 heavy (non-hydrogen) atoms. The Hall–Kier alpha value is -1.81. The van der Waals surface area contributed by atoms with E-state index in [2.05, 4.69) is 36.5 Å². The van der Waals surface area contributed by atoms with E-state index in [9.17, 15) is 17.6 Å². The van der Waals surface area contributed by atoms with Crippen molar-refractivity contribution in [2.45, 2.75) is 6.42 Å². The standard InChI is InChI=1S/C13H9BrF4N4S/c14-11-12(20-4-3-19-11)22-13(23)21-2-1-6-9(17)7(15)5-8(16)10(6)18/h3-5H,1-2H2,(H2,20,21,22,23). The first-order valence-corrected chi connectivity index (χ1v) is 7.43. The molecule has 0 saturated carbocycles. The molecule has 0 fully saturated rings. The van der Waals surface area contributed by atoms with Crippen LogP contribution in [0, 0.1) is 23.3 Å². The molecule has 2 aromatic rings. The first kappa shape index (κ1) is 17.5. The van der Waals surface area contributed by atoms with Gasteiger partial charge in [-0.2, -0.15) is 0 Å². The minimum atomic E-state index is -1.44. The van der Waals surface area contributed by atoms with Crippen molar-refractivity contribution in [1.82, 2.24) is 15.3 Å². The number of nitrogens with zero attached hydrogens (tertiary/aromatic N) is 2. The first-order chi connectivity index (χ1) is 10.9. The summed E-state index contributed by atoms with van der Waals surface area (Å²) in [7, 11) is 0. The molecule has 1 heterocycles. The van der Waals surface area contributed by atoms with Crippen LogP contribution >= 0.6 is 28.1 Å². The molecule has 10 heteroatoms. The number of hydrogen-bond acceptors (Lipinski definition) is 3. The van der Waals surface area contributed by atoms with Gasteiger partial charge in [0.15, 0.2) is 34.2 Å². The fourth-order valence-electron chi connectivity index (χ4n) is 1.70. The number of nitrogens with one attached hydrogen (secondary N) is 2. The molecule has 1 aromatic heterocycles. The highest BCUT2D eigenvalue weighted by Gasteiger charge is 2.18. The third-order valence-electron chi connectivity index (χ3n) is 2.75. The van der Waals surface area contributed by atoms with E-state index in [0.29, 0.717) is 10.4 Å². The molecule has 0 bridgehead atoms. The molecule has 0 atom stereocenters. The second-order valence-corrected chi connectivity index (χ2v) is 5.43. The molecule has 122 valence electrons. The van der Waals surface area contributed by atoms with Crippen LogP contribution in [-0.2, 0) is 6.42 Å². The number of halogens is 5. The van der Waals surface area contributed by atoms with E-state index in [4.69, 9.17) is 12.2 Å². The Morgan fingerprint density at radius 3 is 2.30 bits per heavy atom. The summed E-state index contributed by atoms with van der Waals surface area (Å²) in [4.78, 5) is 7.89. The van der Waals surface area contributed by atoms with Crippen molar-refractivity contribution >= 4 is 39.1 Å². The van der Waals surface area contributed by atoms with Gasteiger partial charge in [-0.1, -0.05) is 0 Å². The molecule has 1 aromatic carbocycles. The summed E-state index contributed by atoms with van der Waals surface area (Å²) < 4.78 is 53.5. The number of anilines is 1. The van der Waals surface area contributed by atoms with Gasteiger partial charge in [0.2, 0.25) is 0 Å². The zero-order valence-corrected chi connectivity index (χ0v) is 13.7. The molecule has 0 radical (unpaired) electrons. The SMILES string of the molecule is Fc1cc(F)c(F)c(CCNC(=S)Nc2nccnc2Br)c1F. The summed E-state index contributed by atoms with van der Waals surface area (Å²) in [6.45, 7) is -0.0412. The predicted molar refractivity (Wildman–Crippen MR) is 83.9 cm³/mol. The molecule has 0 saturated heterocycles. The van der Waals surface area contributed by atoms with E-state index in [1.165, 1.54) is 12.4 Å². The average Bonchev–Trinajstić information content (AvgIpc) is 2.51. The monoisotopic (exact) mass is 408 g/mol. The molecule has 0 amide bonds. The van der Waals surface area contributed by atoms with Gasteiger partial charge in [0.25, 0.3) is 0 Å². The van der Waals surface area contributed by atoms with E-state index in [1.54, 1.807) is 0 Å². The van der Waals surface area contributed by atoms with Crippen LogP contribution in [0.5, 0.6) is 0 Å². The van der Waals surface area contributed by atoms with Crippen LogP contribution in [0.25, 0.3) is 0 Å². The lowest BCUT2D eigenvalue weighted by molar-refractivity contribution is 0.438. The zero-order valence-electron chi connectivity index (χ0n) is 11.3. The van der Waals surface area contributed by atoms with Crippen LogP contribution in [0.3, 0.4) is 0 Å². The Labute approximate surface area is 142 Å². The topological polar surface area (TPSA) is 49.8 Å². The lowest BCUT2D eigenvalue weighted by atomic mass is 10.1. The van der Waals surface area contributed by atoms with E-state index >= 15 is 0 Å². The van der Waals surface area contributed by atoms with Crippen molar-refractivity contribution in [3.63, 3.8) is 0 Å². The van der Waals surface area contributed by atoms with Gasteiger partial charge in [-0.25, -0.2) is 27.5 Å². The van der Waals surface area contributed by atoms with Crippen molar-refractivity contribution in [2.75, 3.05) is 11.9 Å². The number of thiocarbonyl (C=S) groups is 1. The first-order valence-electron chi connectivity index (χ1n) is 6.23. The highest BCUT2D eigenvalue weighted by molar-refractivity contribution is 9.10. The average molecular weight is 409 g/mol. The smallest absolute Gasteiger partial charge is 0.172 e. The maximum Gasteiger partial charge on any atom is 0.172 e. The number of aromatic nitrogens is 2. The number of rotatable bonds is 4. The molecule has 4 nitrogen and oxygen atoms in total. The molecule has 2 rings (SSSR count). The Kier molecular flexibility index (Phi) is 5.83. The van der Waals surface area contributed by atoms with Crippen LogP contribution in [0.4, 0.5) is 23.4 Å². The summed E-state index contributed by atoms with van der Waals surface area (Å²) in [5.41, 5.74) is -0.682. The number of benzene rings is 1. The minimum absolute atomic E-state index is 0.0412. The van der Waals surface area contributed by atoms with E-state index in [-0.39, 0.29) is 24.1 Å². The van der Waals surface area contributed by atoms with E-state index < -0.39 is 28.8 Å². The maximum atomic E-state index is 13.5. The van der Waals surface area contributed by atoms with Crippen LogP contribution in [0.2, 0.25) is 0 Å². The van der Waals surface area contributed by atoms with E-state index in [1.807, 2.05) is 0 Å². The molecular formula is C13H9BrF4N4S. The quantitative estimate of drug-likeness (QED) is 0.461. The van der Waals surface area contributed by atoms with Crippen molar-refractivity contribution < 1.29 is 17.6 Å². The van der Waals surface area contributed by atoms with Gasteiger partial charge >= 0.3 is 0 Å². The Morgan fingerprint density at radius 2 is 1.70 bits per heavy atom.